The zero-order valence-electron chi connectivity index (χ0n) is 13.3. The van der Waals surface area contributed by atoms with E-state index in [0.717, 1.165) is 12.8 Å². The second kappa shape index (κ2) is 8.87. The van der Waals surface area contributed by atoms with Gasteiger partial charge in [-0.3, -0.25) is 4.79 Å². The first-order chi connectivity index (χ1) is 9.92. The molecule has 1 aliphatic heterocycles. The minimum atomic E-state index is -0.813. The van der Waals surface area contributed by atoms with E-state index in [1.165, 1.54) is 0 Å². The Kier molecular flexibility index (Phi) is 7.50. The molecular formula is C15H28N2O4. The van der Waals surface area contributed by atoms with Gasteiger partial charge in [0.1, 0.15) is 0 Å². The monoisotopic (exact) mass is 300 g/mol. The van der Waals surface area contributed by atoms with Gasteiger partial charge in [0.25, 0.3) is 0 Å². The summed E-state index contributed by atoms with van der Waals surface area (Å²) in [6.07, 6.45) is 1.89. The van der Waals surface area contributed by atoms with Crippen LogP contribution in [0.25, 0.3) is 0 Å². The van der Waals surface area contributed by atoms with E-state index in [2.05, 4.69) is 19.2 Å². The van der Waals surface area contributed by atoms with Crippen molar-refractivity contribution in [2.24, 2.45) is 11.8 Å². The van der Waals surface area contributed by atoms with Crippen LogP contribution in [0.15, 0.2) is 0 Å². The number of morpholine rings is 1. The summed E-state index contributed by atoms with van der Waals surface area (Å²) in [7, 11) is 0. The Hall–Kier alpha value is -1.30. The van der Waals surface area contributed by atoms with Crippen molar-refractivity contribution in [3.8, 4) is 0 Å². The van der Waals surface area contributed by atoms with Crippen molar-refractivity contribution in [1.82, 2.24) is 10.2 Å². The smallest absolute Gasteiger partial charge is 0.317 e. The minimum absolute atomic E-state index is 0.0190. The number of hydrogen-bond acceptors (Lipinski definition) is 3. The fourth-order valence-corrected chi connectivity index (χ4v) is 2.65. The van der Waals surface area contributed by atoms with Crippen LogP contribution in [0.1, 0.15) is 40.0 Å². The highest BCUT2D eigenvalue weighted by Crippen LogP contribution is 2.15. The summed E-state index contributed by atoms with van der Waals surface area (Å²) in [6, 6.07) is -0.115. The molecule has 6 nitrogen and oxygen atoms in total. The third-order valence-corrected chi connectivity index (χ3v) is 3.69. The molecule has 0 spiro atoms. The van der Waals surface area contributed by atoms with Crippen LogP contribution in [0.3, 0.4) is 0 Å². The third kappa shape index (κ3) is 6.80. The lowest BCUT2D eigenvalue weighted by Crippen LogP contribution is -2.50. The highest BCUT2D eigenvalue weighted by Gasteiger charge is 2.24. The summed E-state index contributed by atoms with van der Waals surface area (Å²) in [5, 5.41) is 11.8. The Bertz CT molecular complexity index is 347. The van der Waals surface area contributed by atoms with Crippen molar-refractivity contribution in [2.75, 3.05) is 26.2 Å². The van der Waals surface area contributed by atoms with Crippen LogP contribution in [0.5, 0.6) is 0 Å². The molecule has 1 fully saturated rings. The van der Waals surface area contributed by atoms with Gasteiger partial charge in [-0.2, -0.15) is 0 Å². The maximum Gasteiger partial charge on any atom is 0.317 e. The van der Waals surface area contributed by atoms with E-state index in [-0.39, 0.29) is 24.5 Å². The first-order valence-electron chi connectivity index (χ1n) is 7.78. The Labute approximate surface area is 126 Å². The van der Waals surface area contributed by atoms with Crippen molar-refractivity contribution in [1.29, 1.82) is 0 Å². The molecule has 0 saturated carbocycles. The van der Waals surface area contributed by atoms with Crippen LogP contribution < -0.4 is 5.32 Å². The van der Waals surface area contributed by atoms with Crippen molar-refractivity contribution in [3.63, 3.8) is 0 Å². The van der Waals surface area contributed by atoms with E-state index in [4.69, 9.17) is 9.84 Å². The molecule has 0 aromatic carbocycles. The first-order valence-corrected chi connectivity index (χ1v) is 7.78. The average Bonchev–Trinajstić information content (AvgIpc) is 2.43. The summed E-state index contributed by atoms with van der Waals surface area (Å²) < 4.78 is 5.54. The van der Waals surface area contributed by atoms with Gasteiger partial charge in [-0.05, 0) is 24.7 Å². The van der Waals surface area contributed by atoms with Crippen molar-refractivity contribution >= 4 is 12.0 Å². The number of rotatable bonds is 7. The van der Waals surface area contributed by atoms with Gasteiger partial charge in [0, 0.05) is 26.1 Å². The Morgan fingerprint density at radius 2 is 2.14 bits per heavy atom. The summed E-state index contributed by atoms with van der Waals surface area (Å²) in [6.45, 7) is 8.34. The van der Waals surface area contributed by atoms with Gasteiger partial charge in [-0.15, -0.1) is 0 Å². The Balaban J connectivity index is 2.42. The van der Waals surface area contributed by atoms with Crippen LogP contribution >= 0.6 is 0 Å². The molecule has 0 bridgehead atoms. The van der Waals surface area contributed by atoms with Crippen LogP contribution in [0.4, 0.5) is 4.79 Å². The average molecular weight is 300 g/mol. The highest BCUT2D eigenvalue weighted by molar-refractivity contribution is 5.74. The quantitative estimate of drug-likeness (QED) is 0.753. The number of carboxylic acid groups (broad SMARTS) is 1. The lowest BCUT2D eigenvalue weighted by atomic mass is 9.94. The molecule has 2 N–H and O–H groups in total. The van der Waals surface area contributed by atoms with Crippen molar-refractivity contribution in [2.45, 2.75) is 46.1 Å². The Morgan fingerprint density at radius 3 is 2.71 bits per heavy atom. The molecule has 122 valence electrons. The molecule has 2 atom stereocenters. The predicted molar refractivity (Wildman–Crippen MR) is 80.2 cm³/mol. The van der Waals surface area contributed by atoms with E-state index < -0.39 is 5.97 Å². The van der Waals surface area contributed by atoms with Gasteiger partial charge in [-0.1, -0.05) is 20.8 Å². The van der Waals surface area contributed by atoms with Gasteiger partial charge in [-0.25, -0.2) is 4.79 Å². The fourth-order valence-electron chi connectivity index (χ4n) is 2.65. The number of nitrogens with zero attached hydrogens (tertiary/aromatic N) is 1. The largest absolute Gasteiger partial charge is 0.481 e. The van der Waals surface area contributed by atoms with Crippen LogP contribution in [0.2, 0.25) is 0 Å². The zero-order valence-corrected chi connectivity index (χ0v) is 13.3. The lowest BCUT2D eigenvalue weighted by Gasteiger charge is -2.33. The summed E-state index contributed by atoms with van der Waals surface area (Å²) >= 11 is 0. The molecule has 1 saturated heterocycles. The van der Waals surface area contributed by atoms with Crippen LogP contribution in [-0.4, -0.2) is 54.4 Å². The Morgan fingerprint density at radius 1 is 1.43 bits per heavy atom. The molecule has 0 aromatic rings. The number of amides is 2. The number of carboxylic acids is 1. The molecule has 0 aliphatic carbocycles. The number of carbonyl (C=O) groups is 2. The number of aliphatic carboxylic acids is 1. The molecule has 2 amide bonds. The lowest BCUT2D eigenvalue weighted by molar-refractivity contribution is -0.138. The van der Waals surface area contributed by atoms with Gasteiger partial charge in [0.05, 0.1) is 12.7 Å². The van der Waals surface area contributed by atoms with Gasteiger partial charge in [0.15, 0.2) is 0 Å². The third-order valence-electron chi connectivity index (χ3n) is 3.69. The topological polar surface area (TPSA) is 78.9 Å². The number of carbonyl (C=O) groups excluding carboxylic acids is 1. The van der Waals surface area contributed by atoms with Gasteiger partial charge in [0.2, 0.25) is 0 Å². The normalized spacial score (nSPS) is 20.4. The second-order valence-corrected chi connectivity index (χ2v) is 6.13. The summed E-state index contributed by atoms with van der Waals surface area (Å²) in [4.78, 5) is 24.8. The summed E-state index contributed by atoms with van der Waals surface area (Å²) in [5.74, 6) is -0.416. The number of hydrogen-bond donors (Lipinski definition) is 2. The zero-order chi connectivity index (χ0) is 15.8. The van der Waals surface area contributed by atoms with Crippen LogP contribution in [0, 0.1) is 11.8 Å². The number of ether oxygens (including phenoxy) is 1. The molecule has 1 rings (SSSR count). The first kappa shape index (κ1) is 17.8. The standard InChI is InChI=1S/C15H28N2O4/c1-4-13-10-17(5-6-21-13)15(20)16-9-12(7-11(2)3)8-14(18)19/h11-13H,4-10H2,1-3H3,(H,16,20)(H,18,19). The molecule has 1 heterocycles. The number of urea groups is 1. The second-order valence-electron chi connectivity index (χ2n) is 6.13. The molecule has 0 radical (unpaired) electrons. The van der Waals surface area contributed by atoms with Gasteiger partial charge < -0.3 is 20.1 Å². The maximum absolute atomic E-state index is 12.1. The van der Waals surface area contributed by atoms with Crippen LogP contribution in [-0.2, 0) is 9.53 Å². The molecular weight excluding hydrogens is 272 g/mol. The van der Waals surface area contributed by atoms with Gasteiger partial charge >= 0.3 is 12.0 Å². The molecule has 6 heteroatoms. The van der Waals surface area contributed by atoms with Crippen molar-refractivity contribution in [3.05, 3.63) is 0 Å². The molecule has 2 unspecified atom stereocenters. The van der Waals surface area contributed by atoms with E-state index in [1.54, 1.807) is 4.90 Å². The molecule has 0 aromatic heterocycles. The van der Waals surface area contributed by atoms with E-state index in [9.17, 15) is 9.59 Å². The van der Waals surface area contributed by atoms with E-state index in [0.29, 0.717) is 32.2 Å². The number of nitrogens with one attached hydrogen (secondary N) is 1. The fraction of sp³-hybridized carbons (Fsp3) is 0.867. The molecule has 1 aliphatic rings. The van der Waals surface area contributed by atoms with Crippen molar-refractivity contribution < 1.29 is 19.4 Å². The molecule has 21 heavy (non-hydrogen) atoms. The minimum Gasteiger partial charge on any atom is -0.481 e. The maximum atomic E-state index is 12.1. The highest BCUT2D eigenvalue weighted by atomic mass is 16.5. The van der Waals surface area contributed by atoms with E-state index >= 15 is 0 Å². The SMILES string of the molecule is CCC1CN(C(=O)NCC(CC(=O)O)CC(C)C)CCO1. The summed E-state index contributed by atoms with van der Waals surface area (Å²) in [5.41, 5.74) is 0. The van der Waals surface area contributed by atoms with E-state index in [1.807, 2.05) is 6.92 Å². The predicted octanol–water partition coefficient (Wildman–Crippen LogP) is 1.94.